The molecule has 12 rings (SSSR count). The Morgan fingerprint density at radius 1 is 0.263 bits per heavy atom. The maximum Gasteiger partial charge on any atom is 0.165 e. The lowest BCUT2D eigenvalue weighted by Crippen LogP contribution is -2.00. The average Bonchev–Trinajstić information content (AvgIpc) is 3.98. The van der Waals surface area contributed by atoms with Gasteiger partial charge in [-0.1, -0.05) is 133 Å². The summed E-state index contributed by atoms with van der Waals surface area (Å²) in [4.78, 5) is 15.2. The topological polar surface area (TPSA) is 38.7 Å². The zero-order chi connectivity index (χ0) is 37.5. The van der Waals surface area contributed by atoms with Gasteiger partial charge in [0.2, 0.25) is 0 Å². The Hall–Kier alpha value is -6.57. The maximum atomic E-state index is 5.13. The van der Waals surface area contributed by atoms with Gasteiger partial charge in [0.1, 0.15) is 0 Å². The number of rotatable bonds is 5. The molecule has 8 aromatic carbocycles. The van der Waals surface area contributed by atoms with Crippen molar-refractivity contribution < 1.29 is 0 Å². The van der Waals surface area contributed by atoms with Crippen LogP contribution >= 0.6 is 34.0 Å². The molecule has 0 saturated carbocycles. The Bertz CT molecular complexity index is 3470. The minimum Gasteiger partial charge on any atom is -0.208 e. The lowest BCUT2D eigenvalue weighted by atomic mass is 9.94. The highest BCUT2D eigenvalue weighted by Gasteiger charge is 2.20. The van der Waals surface area contributed by atoms with Gasteiger partial charge in [0.05, 0.1) is 0 Å². The zero-order valence-electron chi connectivity index (χ0n) is 30.3. The molecule has 0 N–H and O–H groups in total. The van der Waals surface area contributed by atoms with Crippen molar-refractivity contribution in [3.05, 3.63) is 176 Å². The van der Waals surface area contributed by atoms with Crippen molar-refractivity contribution >= 4 is 94.5 Å². The second-order valence-electron chi connectivity index (χ2n) is 14.3. The molecule has 0 amide bonds. The summed E-state index contributed by atoms with van der Waals surface area (Å²) in [6, 6.07) is 63.1. The average molecular weight is 780 g/mol. The first-order chi connectivity index (χ1) is 28.2. The lowest BCUT2D eigenvalue weighted by molar-refractivity contribution is 1.08. The maximum absolute atomic E-state index is 5.13. The summed E-state index contributed by atoms with van der Waals surface area (Å²) in [5.74, 6) is 2.00. The number of hydrogen-bond acceptors (Lipinski definition) is 6. The molecule has 0 fully saturated rings. The van der Waals surface area contributed by atoms with E-state index in [0.29, 0.717) is 17.5 Å². The van der Waals surface area contributed by atoms with Crippen LogP contribution in [0, 0.1) is 0 Å². The van der Waals surface area contributed by atoms with E-state index in [1.165, 1.54) is 82.8 Å². The number of benzene rings is 8. The highest BCUT2D eigenvalue weighted by molar-refractivity contribution is 7.27. The molecular formula is C51H29N3S3. The van der Waals surface area contributed by atoms with Gasteiger partial charge < -0.3 is 0 Å². The fourth-order valence-electron chi connectivity index (χ4n) is 8.24. The van der Waals surface area contributed by atoms with Gasteiger partial charge in [-0.05, 0) is 59.2 Å². The van der Waals surface area contributed by atoms with E-state index in [1.54, 1.807) is 0 Å². The summed E-state index contributed by atoms with van der Waals surface area (Å²) in [5.41, 5.74) is 7.89. The Morgan fingerprint density at radius 3 is 1.47 bits per heavy atom. The predicted octanol–water partition coefficient (Wildman–Crippen LogP) is 15.3. The Labute approximate surface area is 339 Å². The van der Waals surface area contributed by atoms with Gasteiger partial charge in [-0.2, -0.15) is 0 Å². The Kier molecular flexibility index (Phi) is 7.45. The van der Waals surface area contributed by atoms with Crippen LogP contribution in [-0.2, 0) is 0 Å². The molecule has 57 heavy (non-hydrogen) atoms. The summed E-state index contributed by atoms with van der Waals surface area (Å²) in [6.45, 7) is 0. The zero-order valence-corrected chi connectivity index (χ0v) is 32.8. The van der Waals surface area contributed by atoms with Gasteiger partial charge in [0.25, 0.3) is 0 Å². The second kappa shape index (κ2) is 13.0. The molecule has 0 aliphatic carbocycles. The van der Waals surface area contributed by atoms with Crippen molar-refractivity contribution in [2.45, 2.75) is 0 Å². The van der Waals surface area contributed by atoms with E-state index in [2.05, 4.69) is 140 Å². The van der Waals surface area contributed by atoms with E-state index < -0.39 is 0 Å². The predicted molar refractivity (Wildman–Crippen MR) is 246 cm³/mol. The highest BCUT2D eigenvalue weighted by Crippen LogP contribution is 2.48. The minimum absolute atomic E-state index is 0.663. The molecule has 3 nitrogen and oxygen atoms in total. The first kappa shape index (κ1) is 32.7. The van der Waals surface area contributed by atoms with Crippen LogP contribution in [0.5, 0.6) is 0 Å². The molecule has 0 atom stereocenters. The molecule has 12 aromatic rings. The van der Waals surface area contributed by atoms with Crippen LogP contribution in [0.2, 0.25) is 0 Å². The molecule has 0 aliphatic heterocycles. The quantitative estimate of drug-likeness (QED) is 0.175. The molecular weight excluding hydrogens is 751 g/mol. The lowest BCUT2D eigenvalue weighted by Gasteiger charge is -2.10. The van der Waals surface area contributed by atoms with E-state index in [0.717, 1.165) is 16.7 Å². The first-order valence-corrected chi connectivity index (χ1v) is 21.4. The monoisotopic (exact) mass is 779 g/mol. The van der Waals surface area contributed by atoms with Crippen molar-refractivity contribution in [1.82, 2.24) is 15.0 Å². The van der Waals surface area contributed by atoms with Crippen molar-refractivity contribution in [3.63, 3.8) is 0 Å². The van der Waals surface area contributed by atoms with Crippen LogP contribution in [0.25, 0.3) is 117 Å². The van der Waals surface area contributed by atoms with E-state index in [1.807, 2.05) is 70.4 Å². The molecule has 0 radical (unpaired) electrons. The number of thiophene rings is 3. The second-order valence-corrected chi connectivity index (χ2v) is 17.5. The van der Waals surface area contributed by atoms with Gasteiger partial charge in [-0.25, -0.2) is 15.0 Å². The smallest absolute Gasteiger partial charge is 0.165 e. The van der Waals surface area contributed by atoms with Crippen LogP contribution < -0.4 is 0 Å². The van der Waals surface area contributed by atoms with Gasteiger partial charge in [-0.3, -0.25) is 0 Å². The van der Waals surface area contributed by atoms with Crippen LogP contribution in [0.1, 0.15) is 0 Å². The van der Waals surface area contributed by atoms with Crippen LogP contribution in [0.3, 0.4) is 0 Å². The van der Waals surface area contributed by atoms with Crippen LogP contribution in [-0.4, -0.2) is 15.0 Å². The van der Waals surface area contributed by atoms with Crippen molar-refractivity contribution in [1.29, 1.82) is 0 Å². The Balaban J connectivity index is 1.08. The van der Waals surface area contributed by atoms with E-state index >= 15 is 0 Å². The molecule has 0 unspecified atom stereocenters. The molecule has 0 aliphatic rings. The largest absolute Gasteiger partial charge is 0.208 e. The molecule has 4 aromatic heterocycles. The fourth-order valence-corrected chi connectivity index (χ4v) is 11.9. The number of nitrogens with zero attached hydrogens (tertiary/aromatic N) is 3. The molecule has 266 valence electrons. The van der Waals surface area contributed by atoms with Gasteiger partial charge >= 0.3 is 0 Å². The summed E-state index contributed by atoms with van der Waals surface area (Å²) < 4.78 is 7.69. The van der Waals surface area contributed by atoms with Crippen LogP contribution in [0.4, 0.5) is 0 Å². The number of fused-ring (bicyclic) bond motifs is 9. The summed E-state index contributed by atoms with van der Waals surface area (Å²) in [7, 11) is 0. The van der Waals surface area contributed by atoms with Gasteiger partial charge in [-0.15, -0.1) is 34.0 Å². The first-order valence-electron chi connectivity index (χ1n) is 18.9. The Morgan fingerprint density at radius 2 is 0.772 bits per heavy atom. The van der Waals surface area contributed by atoms with Gasteiger partial charge in [0, 0.05) is 82.8 Å². The third-order valence-corrected chi connectivity index (χ3v) is 14.6. The fraction of sp³-hybridized carbons (Fsp3) is 0. The van der Waals surface area contributed by atoms with Crippen molar-refractivity contribution in [2.24, 2.45) is 0 Å². The third-order valence-electron chi connectivity index (χ3n) is 10.9. The van der Waals surface area contributed by atoms with E-state index in [4.69, 9.17) is 15.0 Å². The van der Waals surface area contributed by atoms with Crippen molar-refractivity contribution in [3.8, 4) is 56.4 Å². The molecule has 0 bridgehead atoms. The van der Waals surface area contributed by atoms with E-state index in [9.17, 15) is 0 Å². The SMILES string of the molecule is c1ccc(-c2nc(-c3ccccc3)nc(-c3cccc4c3sc3c(-c5cc(-c6ccc7sc8ccccc8c7c6)c6sc7ccccc7c6c5)cccc34)n2)cc1. The highest BCUT2D eigenvalue weighted by atomic mass is 32.1. The number of hydrogen-bond donors (Lipinski definition) is 0. The third kappa shape index (κ3) is 5.33. The standard InChI is InChI=1S/C51H29N3S3/c1-3-13-30(14-4-1)49-52-50(31-15-5-2-6-16-31)54-51(53-49)39-22-12-21-38-37-20-11-19-34(46(37)57-47(38)39)33-28-40(48-42(29-33)36-18-8-10-24-44(36)56-48)32-25-26-45-41(27-32)35-17-7-9-23-43(35)55-45/h1-29H. The summed E-state index contributed by atoms with van der Waals surface area (Å²) in [6.07, 6.45) is 0. The number of aromatic nitrogens is 3. The van der Waals surface area contributed by atoms with Crippen LogP contribution in [0.15, 0.2) is 176 Å². The molecule has 0 saturated heterocycles. The summed E-state index contributed by atoms with van der Waals surface area (Å²) in [5, 5.41) is 7.67. The molecule has 0 spiro atoms. The molecule has 6 heteroatoms. The van der Waals surface area contributed by atoms with E-state index in [-0.39, 0.29) is 0 Å². The van der Waals surface area contributed by atoms with Crippen molar-refractivity contribution in [2.75, 3.05) is 0 Å². The minimum atomic E-state index is 0.663. The summed E-state index contributed by atoms with van der Waals surface area (Å²) >= 11 is 5.59. The van der Waals surface area contributed by atoms with Gasteiger partial charge in [0.15, 0.2) is 17.5 Å². The normalized spacial score (nSPS) is 11.9. The molecule has 4 heterocycles.